The molecular formula is C35H40ClF2N3O4. The summed E-state index contributed by atoms with van der Waals surface area (Å²) in [6.07, 6.45) is 2.87. The van der Waals surface area contributed by atoms with E-state index in [2.05, 4.69) is 10.6 Å². The van der Waals surface area contributed by atoms with Crippen LogP contribution in [0, 0.1) is 23.0 Å². The van der Waals surface area contributed by atoms with E-state index in [1.807, 2.05) is 57.2 Å². The Morgan fingerprint density at radius 1 is 1.02 bits per heavy atom. The first-order valence-electron chi connectivity index (χ1n) is 15.1. The van der Waals surface area contributed by atoms with E-state index in [1.54, 1.807) is 6.07 Å². The molecule has 3 aromatic rings. The number of amides is 1. The third-order valence-electron chi connectivity index (χ3n) is 7.75. The molecule has 1 amide bonds. The van der Waals surface area contributed by atoms with Crippen LogP contribution in [-0.2, 0) is 9.47 Å². The summed E-state index contributed by atoms with van der Waals surface area (Å²) in [5.41, 5.74) is 0.937. The van der Waals surface area contributed by atoms with Crippen molar-refractivity contribution in [2.75, 3.05) is 26.9 Å². The van der Waals surface area contributed by atoms with E-state index in [9.17, 15) is 10.1 Å². The highest BCUT2D eigenvalue weighted by atomic mass is 35.5. The van der Waals surface area contributed by atoms with Gasteiger partial charge < -0.3 is 24.8 Å². The zero-order valence-corrected chi connectivity index (χ0v) is 26.8. The van der Waals surface area contributed by atoms with Gasteiger partial charge in [0.25, 0.3) is 0 Å². The van der Waals surface area contributed by atoms with Crippen molar-refractivity contribution in [1.29, 1.82) is 5.26 Å². The number of methoxy groups -OCH3 is 1. The highest BCUT2D eigenvalue weighted by Gasteiger charge is 2.27. The first-order chi connectivity index (χ1) is 21.5. The number of ether oxygens (including phenoxy) is 3. The summed E-state index contributed by atoms with van der Waals surface area (Å²) in [7, 11) is 1.50. The molecule has 2 N–H and O–H groups in total. The van der Waals surface area contributed by atoms with E-state index in [-0.39, 0.29) is 58.7 Å². The van der Waals surface area contributed by atoms with Crippen LogP contribution in [0.3, 0.4) is 0 Å². The molecule has 0 bridgehead atoms. The number of nitrogens with one attached hydrogen (secondary N) is 2. The Bertz CT molecular complexity index is 1500. The topological polar surface area (TPSA) is 92.6 Å². The van der Waals surface area contributed by atoms with Crippen molar-refractivity contribution in [3.63, 3.8) is 0 Å². The maximum Gasteiger partial charge on any atom is 0.407 e. The normalized spacial score (nSPS) is 17.3. The molecule has 0 spiro atoms. The molecule has 45 heavy (non-hydrogen) atoms. The second-order valence-electron chi connectivity index (χ2n) is 12.2. The van der Waals surface area contributed by atoms with Gasteiger partial charge >= 0.3 is 6.09 Å². The van der Waals surface area contributed by atoms with E-state index < -0.39 is 23.3 Å². The molecule has 240 valence electrons. The molecule has 0 aliphatic heterocycles. The van der Waals surface area contributed by atoms with Crippen molar-refractivity contribution in [1.82, 2.24) is 10.6 Å². The second kappa shape index (κ2) is 15.5. The van der Waals surface area contributed by atoms with Crippen LogP contribution in [0.1, 0.15) is 69.1 Å². The molecule has 1 aliphatic rings. The summed E-state index contributed by atoms with van der Waals surface area (Å²) < 4.78 is 47.3. The van der Waals surface area contributed by atoms with Crippen molar-refractivity contribution < 1.29 is 27.8 Å². The van der Waals surface area contributed by atoms with Crippen molar-refractivity contribution in [3.05, 3.63) is 87.9 Å². The van der Waals surface area contributed by atoms with Crippen LogP contribution in [-0.4, -0.2) is 50.6 Å². The Hall–Kier alpha value is -3.71. The minimum absolute atomic E-state index is 0.0104. The van der Waals surface area contributed by atoms with E-state index in [0.717, 1.165) is 31.2 Å². The predicted molar refractivity (Wildman–Crippen MR) is 171 cm³/mol. The fourth-order valence-corrected chi connectivity index (χ4v) is 5.77. The summed E-state index contributed by atoms with van der Waals surface area (Å²) in [6, 6.07) is 17.7. The lowest BCUT2D eigenvalue weighted by molar-refractivity contribution is 0.0489. The van der Waals surface area contributed by atoms with Gasteiger partial charge in [0.2, 0.25) is 0 Å². The number of nitrogens with zero attached hydrogens (tertiary/aromatic N) is 1. The number of alkyl carbamates (subject to hydrolysis) is 1. The molecule has 0 aromatic heterocycles. The van der Waals surface area contributed by atoms with Crippen molar-refractivity contribution in [2.45, 2.75) is 70.1 Å². The van der Waals surface area contributed by atoms with Crippen LogP contribution in [0.15, 0.2) is 54.6 Å². The molecule has 1 unspecified atom stereocenters. The molecular weight excluding hydrogens is 600 g/mol. The smallest absolute Gasteiger partial charge is 0.407 e. The summed E-state index contributed by atoms with van der Waals surface area (Å²) in [4.78, 5) is 12.2. The average Bonchev–Trinajstić information content (AvgIpc) is 3.00. The molecule has 1 saturated carbocycles. The fraction of sp³-hybridized carbons (Fsp3) is 0.429. The predicted octanol–water partition coefficient (Wildman–Crippen LogP) is 7.74. The first-order valence-corrected chi connectivity index (χ1v) is 15.5. The van der Waals surface area contributed by atoms with Gasteiger partial charge in [0, 0.05) is 42.8 Å². The quantitative estimate of drug-likeness (QED) is 0.209. The minimum Gasteiger partial charge on any atom is -0.488 e. The number of carbonyl (C=O) groups excluding carboxylic acids is 1. The fourth-order valence-electron chi connectivity index (χ4n) is 5.57. The molecule has 0 heterocycles. The number of rotatable bonds is 11. The highest BCUT2D eigenvalue weighted by Crippen LogP contribution is 2.40. The van der Waals surface area contributed by atoms with Gasteiger partial charge in [-0.2, -0.15) is 5.26 Å². The SMILES string of the molecule is COCCOc1ccc(C#N)c(-c2cc(C(CNC3CCC(NC(=O)OC(C)(C)C)CC3)c3ccccc3)cc(F)c2Cl)c1F. The number of carbonyl (C=O) groups is 1. The molecule has 0 radical (unpaired) electrons. The van der Waals surface area contributed by atoms with Crippen LogP contribution in [0.4, 0.5) is 13.6 Å². The van der Waals surface area contributed by atoms with E-state index in [4.69, 9.17) is 25.8 Å². The Morgan fingerprint density at radius 2 is 1.71 bits per heavy atom. The Labute approximate surface area is 268 Å². The van der Waals surface area contributed by atoms with Gasteiger partial charge in [-0.3, -0.25) is 0 Å². The van der Waals surface area contributed by atoms with Gasteiger partial charge in [-0.05, 0) is 81.8 Å². The lowest BCUT2D eigenvalue weighted by Gasteiger charge is -2.32. The van der Waals surface area contributed by atoms with Gasteiger partial charge in [-0.15, -0.1) is 0 Å². The van der Waals surface area contributed by atoms with Crippen molar-refractivity contribution >= 4 is 17.7 Å². The third kappa shape index (κ3) is 9.16. The largest absolute Gasteiger partial charge is 0.488 e. The van der Waals surface area contributed by atoms with Crippen molar-refractivity contribution in [3.8, 4) is 22.9 Å². The highest BCUT2D eigenvalue weighted by molar-refractivity contribution is 6.33. The van der Waals surface area contributed by atoms with Crippen LogP contribution in [0.5, 0.6) is 5.75 Å². The van der Waals surface area contributed by atoms with E-state index >= 15 is 8.78 Å². The molecule has 4 rings (SSSR count). The standard InChI is InChI=1S/C35H40ClF2N3O4/c1-35(2,3)45-34(42)41-26-13-11-25(12-14-26)40-21-28(22-8-6-5-7-9-22)24-18-27(32(36)29(37)19-24)31-23(20-39)10-15-30(33(31)38)44-17-16-43-4/h5-10,15,18-19,25-26,28,40H,11-14,16-17,21H2,1-4H3,(H,41,42). The molecule has 1 fully saturated rings. The summed E-state index contributed by atoms with van der Waals surface area (Å²) in [5, 5.41) is 16.1. The Balaban J connectivity index is 1.58. The minimum atomic E-state index is -0.797. The van der Waals surface area contributed by atoms with E-state index in [1.165, 1.54) is 25.3 Å². The van der Waals surface area contributed by atoms with Crippen LogP contribution >= 0.6 is 11.6 Å². The lowest BCUT2D eigenvalue weighted by Crippen LogP contribution is -2.44. The maximum atomic E-state index is 15.8. The van der Waals surface area contributed by atoms with Crippen LogP contribution < -0.4 is 15.4 Å². The molecule has 7 nitrogen and oxygen atoms in total. The molecule has 10 heteroatoms. The number of halogens is 3. The average molecular weight is 640 g/mol. The van der Waals surface area contributed by atoms with Gasteiger partial charge in [-0.1, -0.05) is 41.9 Å². The van der Waals surface area contributed by atoms with Crippen LogP contribution in [0.25, 0.3) is 11.1 Å². The molecule has 1 atom stereocenters. The second-order valence-corrected chi connectivity index (χ2v) is 12.6. The zero-order valence-electron chi connectivity index (χ0n) is 26.1. The summed E-state index contributed by atoms with van der Waals surface area (Å²) in [5.74, 6) is -1.90. The zero-order chi connectivity index (χ0) is 32.6. The van der Waals surface area contributed by atoms with Gasteiger partial charge in [-0.25, -0.2) is 13.6 Å². The third-order valence-corrected chi connectivity index (χ3v) is 8.14. The van der Waals surface area contributed by atoms with Gasteiger partial charge in [0.05, 0.1) is 23.3 Å². The number of benzene rings is 3. The number of nitriles is 1. The monoisotopic (exact) mass is 639 g/mol. The first kappa shape index (κ1) is 34.2. The lowest BCUT2D eigenvalue weighted by atomic mass is 9.87. The van der Waals surface area contributed by atoms with Crippen LogP contribution in [0.2, 0.25) is 5.02 Å². The number of hydrogen-bond donors (Lipinski definition) is 2. The molecule has 3 aromatic carbocycles. The van der Waals surface area contributed by atoms with Gasteiger partial charge in [0.15, 0.2) is 11.6 Å². The number of hydrogen-bond acceptors (Lipinski definition) is 6. The Kier molecular flexibility index (Phi) is 11.8. The molecule has 1 aliphatic carbocycles. The molecule has 0 saturated heterocycles. The summed E-state index contributed by atoms with van der Waals surface area (Å²) >= 11 is 6.45. The Morgan fingerprint density at radius 3 is 2.36 bits per heavy atom. The van der Waals surface area contributed by atoms with Gasteiger partial charge in [0.1, 0.15) is 18.0 Å². The van der Waals surface area contributed by atoms with Crippen molar-refractivity contribution in [2.24, 2.45) is 0 Å². The van der Waals surface area contributed by atoms with E-state index in [0.29, 0.717) is 12.1 Å². The summed E-state index contributed by atoms with van der Waals surface area (Å²) in [6.45, 7) is 6.32. The maximum absolute atomic E-state index is 15.8.